The molecule has 1 aromatic heterocycles. The highest BCUT2D eigenvalue weighted by Gasteiger charge is 2.00. The summed E-state index contributed by atoms with van der Waals surface area (Å²) >= 11 is 5.79. The van der Waals surface area contributed by atoms with Crippen molar-refractivity contribution < 1.29 is 9.53 Å². The van der Waals surface area contributed by atoms with Crippen LogP contribution < -0.4 is 5.32 Å². The van der Waals surface area contributed by atoms with Crippen LogP contribution in [-0.4, -0.2) is 17.6 Å². The van der Waals surface area contributed by atoms with E-state index in [2.05, 4.69) is 22.1 Å². The van der Waals surface area contributed by atoms with Gasteiger partial charge in [0.15, 0.2) is 0 Å². The summed E-state index contributed by atoms with van der Waals surface area (Å²) in [5, 5.41) is 3.07. The molecular weight excluding hydrogens is 288 g/mol. The summed E-state index contributed by atoms with van der Waals surface area (Å²) in [5.74, 6) is 5.64. The highest BCUT2D eigenvalue weighted by Crippen LogP contribution is 2.06. The Hall–Kier alpha value is -2.51. The van der Waals surface area contributed by atoms with E-state index in [1.54, 1.807) is 12.3 Å². The topological polar surface area (TPSA) is 51.2 Å². The largest absolute Gasteiger partial charge is 0.445 e. The molecule has 1 heterocycles. The van der Waals surface area contributed by atoms with Crippen molar-refractivity contribution in [1.29, 1.82) is 0 Å². The molecule has 0 spiro atoms. The molecule has 0 aliphatic rings. The third kappa shape index (κ3) is 5.55. The summed E-state index contributed by atoms with van der Waals surface area (Å²) in [6.45, 7) is 0.429. The van der Waals surface area contributed by atoms with Crippen LogP contribution in [0.2, 0.25) is 5.02 Å². The Morgan fingerprint density at radius 2 is 2.10 bits per heavy atom. The molecule has 21 heavy (non-hydrogen) atoms. The van der Waals surface area contributed by atoms with Crippen LogP contribution in [0.25, 0.3) is 0 Å². The normalized spacial score (nSPS) is 9.38. The maximum atomic E-state index is 11.4. The molecule has 0 saturated carbocycles. The molecule has 0 unspecified atom stereocenters. The number of amides is 1. The van der Waals surface area contributed by atoms with Crippen LogP contribution in [0.15, 0.2) is 48.8 Å². The van der Waals surface area contributed by atoms with Crippen LogP contribution in [0.4, 0.5) is 4.79 Å². The summed E-state index contributed by atoms with van der Waals surface area (Å²) in [4.78, 5) is 15.4. The minimum absolute atomic E-state index is 0.195. The molecule has 1 aromatic carbocycles. The fourth-order valence-electron chi connectivity index (χ4n) is 1.52. The van der Waals surface area contributed by atoms with E-state index in [0.717, 1.165) is 5.56 Å². The first-order chi connectivity index (χ1) is 10.2. The highest BCUT2D eigenvalue weighted by atomic mass is 35.5. The minimum Gasteiger partial charge on any atom is -0.445 e. The molecule has 2 aromatic rings. The lowest BCUT2D eigenvalue weighted by Crippen LogP contribution is -2.24. The third-order valence-electron chi connectivity index (χ3n) is 2.47. The molecule has 0 radical (unpaired) electrons. The van der Waals surface area contributed by atoms with Gasteiger partial charge in [-0.15, -0.1) is 0 Å². The van der Waals surface area contributed by atoms with Gasteiger partial charge in [-0.05, 0) is 11.6 Å². The van der Waals surface area contributed by atoms with E-state index in [4.69, 9.17) is 16.3 Å². The lowest BCUT2D eigenvalue weighted by atomic mass is 10.2. The maximum absolute atomic E-state index is 11.4. The first-order valence-electron chi connectivity index (χ1n) is 6.28. The Morgan fingerprint density at radius 3 is 2.86 bits per heavy atom. The average Bonchev–Trinajstić information content (AvgIpc) is 2.51. The van der Waals surface area contributed by atoms with Crippen molar-refractivity contribution in [3.8, 4) is 11.8 Å². The molecular formula is C16H13ClN2O2. The van der Waals surface area contributed by atoms with Crippen LogP contribution in [0.5, 0.6) is 0 Å². The highest BCUT2D eigenvalue weighted by molar-refractivity contribution is 6.30. The van der Waals surface area contributed by atoms with Gasteiger partial charge in [-0.1, -0.05) is 53.8 Å². The summed E-state index contributed by atoms with van der Waals surface area (Å²) in [6.07, 6.45) is 2.64. The Morgan fingerprint density at radius 1 is 1.29 bits per heavy atom. The molecule has 0 atom stereocenters. The second-order valence-electron chi connectivity index (χ2n) is 4.11. The van der Waals surface area contributed by atoms with Gasteiger partial charge in [0.25, 0.3) is 0 Å². The molecule has 0 aliphatic heterocycles. The van der Waals surface area contributed by atoms with E-state index in [1.165, 1.54) is 6.20 Å². The number of carbonyl (C=O) groups excluding carboxylic acids is 1. The number of nitrogens with zero attached hydrogens (tertiary/aromatic N) is 1. The maximum Gasteiger partial charge on any atom is 0.408 e. The Labute approximate surface area is 128 Å². The molecule has 0 saturated heterocycles. The molecule has 4 nitrogen and oxygen atoms in total. The third-order valence-corrected chi connectivity index (χ3v) is 2.68. The number of nitrogens with one attached hydrogen (secondary N) is 1. The van der Waals surface area contributed by atoms with Crippen molar-refractivity contribution in [2.24, 2.45) is 0 Å². The van der Waals surface area contributed by atoms with Crippen LogP contribution in [0.1, 0.15) is 11.1 Å². The van der Waals surface area contributed by atoms with Gasteiger partial charge in [-0.3, -0.25) is 4.98 Å². The molecule has 0 fully saturated rings. The summed E-state index contributed by atoms with van der Waals surface area (Å²) in [5.41, 5.74) is 1.63. The Balaban J connectivity index is 1.72. The summed E-state index contributed by atoms with van der Waals surface area (Å²) < 4.78 is 5.05. The number of benzene rings is 1. The zero-order valence-electron chi connectivity index (χ0n) is 11.2. The van der Waals surface area contributed by atoms with Crippen LogP contribution in [0, 0.1) is 11.8 Å². The number of hydrogen-bond acceptors (Lipinski definition) is 3. The zero-order chi connectivity index (χ0) is 14.9. The smallest absolute Gasteiger partial charge is 0.408 e. The first-order valence-corrected chi connectivity index (χ1v) is 6.66. The van der Waals surface area contributed by atoms with E-state index in [-0.39, 0.29) is 13.2 Å². The van der Waals surface area contributed by atoms with Gasteiger partial charge in [0.2, 0.25) is 0 Å². The fraction of sp³-hybridized carbons (Fsp3) is 0.125. The van der Waals surface area contributed by atoms with Crippen molar-refractivity contribution in [2.75, 3.05) is 6.54 Å². The van der Waals surface area contributed by atoms with Crippen molar-refractivity contribution in [2.45, 2.75) is 6.61 Å². The van der Waals surface area contributed by atoms with E-state index in [0.29, 0.717) is 10.6 Å². The fourth-order valence-corrected chi connectivity index (χ4v) is 1.69. The number of ether oxygens (including phenoxy) is 1. The van der Waals surface area contributed by atoms with Gasteiger partial charge in [0, 0.05) is 18.0 Å². The number of hydrogen-bond donors (Lipinski definition) is 1. The minimum atomic E-state index is -0.502. The lowest BCUT2D eigenvalue weighted by molar-refractivity contribution is 0.141. The standard InChI is InChI=1S/C16H13ClN2O2/c17-15-9-14(10-18-11-15)7-4-8-19-16(20)21-12-13-5-2-1-3-6-13/h1-3,5-6,9-11H,8,12H2,(H,19,20). The number of rotatable bonds is 3. The van der Waals surface area contributed by atoms with Gasteiger partial charge in [0.05, 0.1) is 11.6 Å². The average molecular weight is 301 g/mol. The molecule has 1 N–H and O–H groups in total. The van der Waals surface area contributed by atoms with Crippen molar-refractivity contribution in [3.05, 3.63) is 64.9 Å². The quantitative estimate of drug-likeness (QED) is 0.887. The molecule has 2 rings (SSSR count). The van der Waals surface area contributed by atoms with E-state index in [9.17, 15) is 4.79 Å². The monoisotopic (exact) mass is 300 g/mol. The van der Waals surface area contributed by atoms with Gasteiger partial charge in [-0.25, -0.2) is 4.79 Å². The van der Waals surface area contributed by atoms with Crippen LogP contribution in [0.3, 0.4) is 0 Å². The zero-order valence-corrected chi connectivity index (χ0v) is 11.9. The Kier molecular flexibility index (Phi) is 5.62. The number of pyridine rings is 1. The summed E-state index contributed by atoms with van der Waals surface area (Å²) in [7, 11) is 0. The predicted molar refractivity (Wildman–Crippen MR) is 80.8 cm³/mol. The molecule has 106 valence electrons. The van der Waals surface area contributed by atoms with Gasteiger partial charge in [0.1, 0.15) is 6.61 Å². The Bertz CT molecular complexity index is 663. The second kappa shape index (κ2) is 7.93. The second-order valence-corrected chi connectivity index (χ2v) is 4.55. The number of halogens is 1. The van der Waals surface area contributed by atoms with E-state index in [1.807, 2.05) is 30.3 Å². The SMILES string of the molecule is O=C(NCC#Cc1cncc(Cl)c1)OCc1ccccc1. The van der Waals surface area contributed by atoms with Crippen LogP contribution in [-0.2, 0) is 11.3 Å². The van der Waals surface area contributed by atoms with Gasteiger partial charge in [-0.2, -0.15) is 0 Å². The molecule has 5 heteroatoms. The molecule has 1 amide bonds. The molecule has 0 bridgehead atoms. The van der Waals surface area contributed by atoms with Crippen LogP contribution >= 0.6 is 11.6 Å². The number of alkyl carbamates (subject to hydrolysis) is 1. The van der Waals surface area contributed by atoms with E-state index >= 15 is 0 Å². The van der Waals surface area contributed by atoms with Crippen molar-refractivity contribution in [3.63, 3.8) is 0 Å². The number of aromatic nitrogens is 1. The first kappa shape index (κ1) is 14.9. The van der Waals surface area contributed by atoms with Crippen molar-refractivity contribution in [1.82, 2.24) is 10.3 Å². The summed E-state index contributed by atoms with van der Waals surface area (Å²) in [6, 6.07) is 11.2. The molecule has 0 aliphatic carbocycles. The van der Waals surface area contributed by atoms with Gasteiger partial charge >= 0.3 is 6.09 Å². The predicted octanol–water partition coefficient (Wildman–Crippen LogP) is 3.01. The lowest BCUT2D eigenvalue weighted by Gasteiger charge is -2.04. The number of carbonyl (C=O) groups is 1. The van der Waals surface area contributed by atoms with Gasteiger partial charge < -0.3 is 10.1 Å². The van der Waals surface area contributed by atoms with Crippen molar-refractivity contribution >= 4 is 17.7 Å². The van der Waals surface area contributed by atoms with E-state index < -0.39 is 6.09 Å².